The Labute approximate surface area is 145 Å². The maximum atomic E-state index is 12.3. The van der Waals surface area contributed by atoms with E-state index in [4.69, 9.17) is 0 Å². The van der Waals surface area contributed by atoms with Gasteiger partial charge in [-0.3, -0.25) is 0 Å². The number of aryl methyl sites for hydroxylation is 1. The van der Waals surface area contributed by atoms with Crippen LogP contribution in [0.2, 0.25) is 0 Å². The minimum absolute atomic E-state index is 0.0282. The first-order chi connectivity index (χ1) is 11.9. The zero-order chi connectivity index (χ0) is 17.9. The van der Waals surface area contributed by atoms with Crippen LogP contribution in [0.1, 0.15) is 0 Å². The van der Waals surface area contributed by atoms with Gasteiger partial charge >= 0.3 is 5.69 Å². The Kier molecular flexibility index (Phi) is 4.76. The van der Waals surface area contributed by atoms with E-state index in [-0.39, 0.29) is 12.3 Å². The van der Waals surface area contributed by atoms with E-state index in [0.717, 1.165) is 22.1 Å². The molecule has 0 bridgehead atoms. The number of nitrogens with zero attached hydrogens (tertiary/aromatic N) is 3. The van der Waals surface area contributed by atoms with E-state index < -0.39 is 15.5 Å². The van der Waals surface area contributed by atoms with E-state index in [1.807, 2.05) is 60.7 Å². The van der Waals surface area contributed by atoms with Crippen molar-refractivity contribution in [3.05, 3.63) is 71.1 Å². The summed E-state index contributed by atoms with van der Waals surface area (Å²) in [4.78, 5) is 16.5. The van der Waals surface area contributed by atoms with Crippen LogP contribution in [0, 0.1) is 0 Å². The second-order valence-electron chi connectivity index (χ2n) is 5.68. The Morgan fingerprint density at radius 1 is 0.880 bits per heavy atom. The van der Waals surface area contributed by atoms with Gasteiger partial charge in [-0.2, -0.15) is 10.1 Å². The molecule has 1 aromatic heterocycles. The van der Waals surface area contributed by atoms with Crippen molar-refractivity contribution in [3.63, 3.8) is 0 Å². The largest absolute Gasteiger partial charge is 0.364 e. The fraction of sp³-hybridized carbons (Fsp3) is 0.167. The number of benzene rings is 2. The minimum Gasteiger partial charge on any atom is -0.244 e. The molecule has 128 valence electrons. The number of sulfone groups is 1. The number of hydrogen-bond acceptors (Lipinski definition) is 5. The van der Waals surface area contributed by atoms with Gasteiger partial charge in [0.1, 0.15) is 21.2 Å². The summed E-state index contributed by atoms with van der Waals surface area (Å²) in [6, 6.07) is 18.7. The van der Waals surface area contributed by atoms with Gasteiger partial charge in [0.2, 0.25) is 0 Å². The van der Waals surface area contributed by atoms with Gasteiger partial charge in [-0.25, -0.2) is 17.9 Å². The average Bonchev–Trinajstić information content (AvgIpc) is 2.61. The maximum absolute atomic E-state index is 12.3. The van der Waals surface area contributed by atoms with Gasteiger partial charge in [0.15, 0.2) is 0 Å². The van der Waals surface area contributed by atoms with Crippen molar-refractivity contribution < 1.29 is 8.42 Å². The van der Waals surface area contributed by atoms with Crippen LogP contribution in [0.5, 0.6) is 0 Å². The van der Waals surface area contributed by atoms with Crippen molar-refractivity contribution in [3.8, 4) is 22.5 Å². The lowest BCUT2D eigenvalue weighted by Gasteiger charge is -2.11. The predicted molar refractivity (Wildman–Crippen MR) is 96.9 cm³/mol. The summed E-state index contributed by atoms with van der Waals surface area (Å²) in [6.07, 6.45) is 1.13. The van der Waals surface area contributed by atoms with Gasteiger partial charge in [0.25, 0.3) is 0 Å². The lowest BCUT2D eigenvalue weighted by molar-refractivity contribution is 0.569. The van der Waals surface area contributed by atoms with Crippen LogP contribution in [-0.4, -0.2) is 35.2 Å². The lowest BCUT2D eigenvalue weighted by atomic mass is 10.0. The fourth-order valence-electron chi connectivity index (χ4n) is 2.40. The Hall–Kier alpha value is -2.80. The van der Waals surface area contributed by atoms with Crippen molar-refractivity contribution in [2.45, 2.75) is 6.54 Å². The van der Waals surface area contributed by atoms with Crippen molar-refractivity contribution in [1.29, 1.82) is 0 Å². The highest BCUT2D eigenvalue weighted by Gasteiger charge is 2.15. The molecule has 0 aliphatic heterocycles. The average molecular weight is 355 g/mol. The minimum atomic E-state index is -3.21. The van der Waals surface area contributed by atoms with E-state index >= 15 is 0 Å². The summed E-state index contributed by atoms with van der Waals surface area (Å²) in [5.74, 6) is -0.166. The van der Waals surface area contributed by atoms with Gasteiger partial charge in [-0.15, -0.1) is 0 Å². The number of rotatable bonds is 5. The first-order valence-corrected chi connectivity index (χ1v) is 9.78. The van der Waals surface area contributed by atoms with Gasteiger partial charge in [-0.1, -0.05) is 60.7 Å². The highest BCUT2D eigenvalue weighted by molar-refractivity contribution is 7.90. The van der Waals surface area contributed by atoms with E-state index in [1.54, 1.807) is 0 Å². The van der Waals surface area contributed by atoms with Gasteiger partial charge in [0.05, 0.1) is 12.3 Å². The molecule has 0 N–H and O–H groups in total. The summed E-state index contributed by atoms with van der Waals surface area (Å²) in [6.45, 7) is -0.0282. The van der Waals surface area contributed by atoms with Crippen LogP contribution in [0.3, 0.4) is 0 Å². The molecule has 2 aromatic carbocycles. The van der Waals surface area contributed by atoms with E-state index in [0.29, 0.717) is 11.4 Å². The molecule has 0 fully saturated rings. The number of aromatic nitrogens is 3. The molecule has 0 aliphatic rings. The van der Waals surface area contributed by atoms with Gasteiger partial charge in [-0.05, 0) is 0 Å². The summed E-state index contributed by atoms with van der Waals surface area (Å²) in [5, 5.41) is 4.40. The lowest BCUT2D eigenvalue weighted by Crippen LogP contribution is -2.29. The molecule has 7 heteroatoms. The molecule has 0 amide bonds. The van der Waals surface area contributed by atoms with Crippen molar-refractivity contribution in [1.82, 2.24) is 14.8 Å². The topological polar surface area (TPSA) is 81.9 Å². The standard InChI is InChI=1S/C18H17N3O3S/c1-25(23,24)13-12-21-18(22)19-16(14-8-4-2-5-9-14)17(20-21)15-10-6-3-7-11-15/h2-11H,12-13H2,1H3. The molecule has 3 rings (SSSR count). The highest BCUT2D eigenvalue weighted by Crippen LogP contribution is 2.26. The molecule has 0 saturated carbocycles. The summed E-state index contributed by atoms with van der Waals surface area (Å²) in [7, 11) is -3.21. The second-order valence-corrected chi connectivity index (χ2v) is 7.94. The van der Waals surface area contributed by atoms with E-state index in [1.165, 1.54) is 0 Å². The second kappa shape index (κ2) is 6.98. The zero-order valence-electron chi connectivity index (χ0n) is 13.7. The Bertz CT molecular complexity index is 1030. The predicted octanol–water partition coefficient (Wildman–Crippen LogP) is 2.02. The molecule has 6 nitrogen and oxygen atoms in total. The molecule has 25 heavy (non-hydrogen) atoms. The molecular weight excluding hydrogens is 338 g/mol. The van der Waals surface area contributed by atoms with Crippen LogP contribution in [0.15, 0.2) is 65.5 Å². The molecule has 0 atom stereocenters. The van der Waals surface area contributed by atoms with Crippen molar-refractivity contribution in [2.24, 2.45) is 0 Å². The summed E-state index contributed by atoms with van der Waals surface area (Å²) < 4.78 is 23.9. The third-order valence-electron chi connectivity index (χ3n) is 3.64. The number of hydrogen-bond donors (Lipinski definition) is 0. The fourth-order valence-corrected chi connectivity index (χ4v) is 2.91. The molecular formula is C18H17N3O3S. The molecule has 0 unspecified atom stereocenters. The van der Waals surface area contributed by atoms with E-state index in [9.17, 15) is 13.2 Å². The monoisotopic (exact) mass is 355 g/mol. The van der Waals surface area contributed by atoms with Crippen molar-refractivity contribution >= 4 is 9.84 Å². The van der Waals surface area contributed by atoms with Gasteiger partial charge < -0.3 is 0 Å². The molecule has 0 radical (unpaired) electrons. The SMILES string of the molecule is CS(=O)(=O)CCn1nc(-c2ccccc2)c(-c2ccccc2)nc1=O. The first kappa shape index (κ1) is 17.0. The Balaban J connectivity index is 2.16. The molecule has 0 spiro atoms. The van der Waals surface area contributed by atoms with Crippen LogP contribution < -0.4 is 5.69 Å². The normalized spacial score (nSPS) is 11.4. The quantitative estimate of drug-likeness (QED) is 0.699. The third-order valence-corrected chi connectivity index (χ3v) is 4.57. The third kappa shape index (κ3) is 4.19. The van der Waals surface area contributed by atoms with Crippen molar-refractivity contribution in [2.75, 3.05) is 12.0 Å². The Morgan fingerprint density at radius 2 is 1.40 bits per heavy atom. The molecule has 0 saturated heterocycles. The van der Waals surface area contributed by atoms with Crippen LogP contribution in [-0.2, 0) is 16.4 Å². The first-order valence-electron chi connectivity index (χ1n) is 7.72. The Morgan fingerprint density at radius 3 is 1.92 bits per heavy atom. The van der Waals surface area contributed by atoms with Crippen LogP contribution >= 0.6 is 0 Å². The van der Waals surface area contributed by atoms with Crippen LogP contribution in [0.4, 0.5) is 0 Å². The van der Waals surface area contributed by atoms with E-state index in [2.05, 4.69) is 10.1 Å². The summed E-state index contributed by atoms with van der Waals surface area (Å²) in [5.41, 5.74) is 2.04. The molecule has 0 aliphatic carbocycles. The molecule has 1 heterocycles. The smallest absolute Gasteiger partial charge is 0.244 e. The molecule has 3 aromatic rings. The van der Waals surface area contributed by atoms with Gasteiger partial charge in [0, 0.05) is 17.4 Å². The zero-order valence-corrected chi connectivity index (χ0v) is 14.5. The highest BCUT2D eigenvalue weighted by atomic mass is 32.2. The van der Waals surface area contributed by atoms with Crippen LogP contribution in [0.25, 0.3) is 22.5 Å². The maximum Gasteiger partial charge on any atom is 0.364 e. The summed E-state index contributed by atoms with van der Waals surface area (Å²) >= 11 is 0.